The minimum atomic E-state index is -0.349. The summed E-state index contributed by atoms with van der Waals surface area (Å²) >= 11 is 0. The van der Waals surface area contributed by atoms with Gasteiger partial charge in [0.05, 0.1) is 11.5 Å². The normalized spacial score (nSPS) is 16.8. The smallest absolute Gasteiger partial charge is 0.231 e. The molecule has 1 fully saturated rings. The molecule has 1 aliphatic carbocycles. The van der Waals surface area contributed by atoms with Gasteiger partial charge in [0.25, 0.3) is 0 Å². The number of benzene rings is 1. The lowest BCUT2D eigenvalue weighted by atomic mass is 9.93. The van der Waals surface area contributed by atoms with Gasteiger partial charge in [-0.3, -0.25) is 4.79 Å². The van der Waals surface area contributed by atoms with Crippen LogP contribution in [0.1, 0.15) is 56.1 Å². The van der Waals surface area contributed by atoms with Gasteiger partial charge in [-0.25, -0.2) is 9.67 Å². The molecule has 0 aliphatic heterocycles. The number of carbonyl (C=O) groups excluding carboxylic acids is 1. The molecular formula is C18H24N4O. The first kappa shape index (κ1) is 15.7. The number of hydrogen-bond donors (Lipinski definition) is 1. The third kappa shape index (κ3) is 2.87. The Morgan fingerprint density at radius 2 is 2.00 bits per heavy atom. The zero-order chi connectivity index (χ0) is 16.4. The van der Waals surface area contributed by atoms with E-state index in [1.807, 2.05) is 11.6 Å². The summed E-state index contributed by atoms with van der Waals surface area (Å²) in [7, 11) is 0. The molecule has 5 nitrogen and oxygen atoms in total. The van der Waals surface area contributed by atoms with Crippen LogP contribution in [0.5, 0.6) is 0 Å². The third-order valence-corrected chi connectivity index (χ3v) is 4.76. The average molecular weight is 312 g/mol. The maximum atomic E-state index is 12.9. The Morgan fingerprint density at radius 3 is 2.57 bits per heavy atom. The van der Waals surface area contributed by atoms with Crippen molar-refractivity contribution in [2.24, 2.45) is 0 Å². The van der Waals surface area contributed by atoms with Gasteiger partial charge in [0.15, 0.2) is 0 Å². The van der Waals surface area contributed by atoms with E-state index in [2.05, 4.69) is 53.5 Å². The third-order valence-electron chi connectivity index (χ3n) is 4.76. The van der Waals surface area contributed by atoms with E-state index in [1.54, 1.807) is 6.33 Å². The largest absolute Gasteiger partial charge is 0.345 e. The Morgan fingerprint density at radius 1 is 1.30 bits per heavy atom. The monoisotopic (exact) mass is 312 g/mol. The van der Waals surface area contributed by atoms with Crippen LogP contribution in [0, 0.1) is 6.92 Å². The number of rotatable bonds is 6. The van der Waals surface area contributed by atoms with Gasteiger partial charge in [0.2, 0.25) is 5.91 Å². The summed E-state index contributed by atoms with van der Waals surface area (Å²) in [6, 6.07) is 8.23. The number of amides is 1. The lowest BCUT2D eigenvalue weighted by molar-refractivity contribution is -0.124. The van der Waals surface area contributed by atoms with E-state index in [1.165, 1.54) is 5.56 Å². The molecule has 1 atom stereocenters. The zero-order valence-electron chi connectivity index (χ0n) is 14.0. The highest BCUT2D eigenvalue weighted by Crippen LogP contribution is 2.48. The van der Waals surface area contributed by atoms with Crippen LogP contribution >= 0.6 is 0 Å². The van der Waals surface area contributed by atoms with Crippen LogP contribution in [-0.2, 0) is 16.8 Å². The second kappa shape index (κ2) is 6.14. The van der Waals surface area contributed by atoms with Crippen LogP contribution < -0.4 is 5.32 Å². The molecule has 1 aliphatic rings. The molecule has 1 N–H and O–H groups in total. The SMILES string of the molecule is CCC(NC(=O)C1(c2ccc(C)cc2)CC1)c1ncnn1CC. The van der Waals surface area contributed by atoms with E-state index >= 15 is 0 Å². The Balaban J connectivity index is 1.79. The maximum Gasteiger partial charge on any atom is 0.231 e. The van der Waals surface area contributed by atoms with Gasteiger partial charge in [0.1, 0.15) is 12.2 Å². The van der Waals surface area contributed by atoms with E-state index in [0.29, 0.717) is 0 Å². The summed E-state index contributed by atoms with van der Waals surface area (Å²) in [6.07, 6.45) is 4.19. The summed E-state index contributed by atoms with van der Waals surface area (Å²) in [5, 5.41) is 7.41. The molecule has 5 heteroatoms. The van der Waals surface area contributed by atoms with Gasteiger partial charge in [0, 0.05) is 6.54 Å². The first-order valence-electron chi connectivity index (χ1n) is 8.36. The molecule has 1 unspecified atom stereocenters. The number of nitrogens with zero attached hydrogens (tertiary/aromatic N) is 3. The fourth-order valence-electron chi connectivity index (χ4n) is 3.08. The first-order valence-corrected chi connectivity index (χ1v) is 8.36. The van der Waals surface area contributed by atoms with Crippen LogP contribution in [0.4, 0.5) is 0 Å². The molecule has 3 rings (SSSR count). The van der Waals surface area contributed by atoms with Gasteiger partial charge >= 0.3 is 0 Å². The minimum absolute atomic E-state index is 0.0899. The van der Waals surface area contributed by atoms with Crippen molar-refractivity contribution >= 4 is 5.91 Å². The van der Waals surface area contributed by atoms with Crippen LogP contribution in [0.3, 0.4) is 0 Å². The highest BCUT2D eigenvalue weighted by molar-refractivity contribution is 5.91. The first-order chi connectivity index (χ1) is 11.1. The van der Waals surface area contributed by atoms with E-state index in [4.69, 9.17) is 0 Å². The highest BCUT2D eigenvalue weighted by Gasteiger charge is 2.51. The summed E-state index contributed by atoms with van der Waals surface area (Å²) in [4.78, 5) is 17.2. The number of aromatic nitrogens is 3. The van der Waals surface area contributed by atoms with Crippen LogP contribution in [-0.4, -0.2) is 20.7 Å². The van der Waals surface area contributed by atoms with Crippen molar-refractivity contribution in [2.75, 3.05) is 0 Å². The van der Waals surface area contributed by atoms with Gasteiger partial charge in [-0.2, -0.15) is 5.10 Å². The standard InChI is InChI=1S/C18H24N4O/c1-4-15(16-19-12-20-22(16)5-2)21-17(23)18(10-11-18)14-8-6-13(3)7-9-14/h6-9,12,15H,4-5,10-11H2,1-3H3,(H,21,23). The second-order valence-electron chi connectivity index (χ2n) is 6.32. The van der Waals surface area contributed by atoms with Gasteiger partial charge < -0.3 is 5.32 Å². The minimum Gasteiger partial charge on any atom is -0.345 e. The van der Waals surface area contributed by atoms with E-state index in [9.17, 15) is 4.79 Å². The quantitative estimate of drug-likeness (QED) is 0.892. The zero-order valence-corrected chi connectivity index (χ0v) is 14.0. The number of hydrogen-bond acceptors (Lipinski definition) is 3. The molecule has 0 saturated heterocycles. The van der Waals surface area contributed by atoms with Crippen molar-refractivity contribution in [3.05, 3.63) is 47.5 Å². The molecule has 1 heterocycles. The Labute approximate surface area is 137 Å². The Kier molecular flexibility index (Phi) is 4.20. The van der Waals surface area contributed by atoms with Crippen LogP contribution in [0.2, 0.25) is 0 Å². The van der Waals surface area contributed by atoms with E-state index < -0.39 is 0 Å². The predicted octanol–water partition coefficient (Wildman–Crippen LogP) is 2.91. The number of carbonyl (C=O) groups is 1. The van der Waals surface area contributed by atoms with Crippen molar-refractivity contribution < 1.29 is 4.79 Å². The molecule has 0 spiro atoms. The fraction of sp³-hybridized carbons (Fsp3) is 0.500. The Hall–Kier alpha value is -2.17. The summed E-state index contributed by atoms with van der Waals surface area (Å²) in [6.45, 7) is 6.91. The van der Waals surface area contributed by atoms with E-state index in [0.717, 1.165) is 37.2 Å². The summed E-state index contributed by atoms with van der Waals surface area (Å²) < 4.78 is 1.85. The predicted molar refractivity (Wildman–Crippen MR) is 89.0 cm³/mol. The maximum absolute atomic E-state index is 12.9. The number of aryl methyl sites for hydroxylation is 2. The van der Waals surface area contributed by atoms with E-state index in [-0.39, 0.29) is 17.4 Å². The summed E-state index contributed by atoms with van der Waals surface area (Å²) in [5.41, 5.74) is 1.98. The second-order valence-corrected chi connectivity index (χ2v) is 6.32. The topological polar surface area (TPSA) is 59.8 Å². The number of nitrogens with one attached hydrogen (secondary N) is 1. The van der Waals surface area contributed by atoms with Crippen molar-refractivity contribution in [3.63, 3.8) is 0 Å². The van der Waals surface area contributed by atoms with Gasteiger partial charge in [-0.05, 0) is 38.7 Å². The van der Waals surface area contributed by atoms with Crippen molar-refractivity contribution in [1.82, 2.24) is 20.1 Å². The van der Waals surface area contributed by atoms with Gasteiger partial charge in [-0.1, -0.05) is 36.8 Å². The van der Waals surface area contributed by atoms with Crippen LogP contribution in [0.15, 0.2) is 30.6 Å². The summed E-state index contributed by atoms with van der Waals surface area (Å²) in [5.74, 6) is 0.946. The van der Waals surface area contributed by atoms with Gasteiger partial charge in [-0.15, -0.1) is 0 Å². The molecule has 1 amide bonds. The molecule has 23 heavy (non-hydrogen) atoms. The molecular weight excluding hydrogens is 288 g/mol. The lowest BCUT2D eigenvalue weighted by Crippen LogP contribution is -2.38. The fourth-order valence-corrected chi connectivity index (χ4v) is 3.08. The molecule has 1 aromatic carbocycles. The lowest BCUT2D eigenvalue weighted by Gasteiger charge is -2.21. The highest BCUT2D eigenvalue weighted by atomic mass is 16.2. The molecule has 122 valence electrons. The average Bonchev–Trinajstić information content (AvgIpc) is 3.24. The van der Waals surface area contributed by atoms with Crippen molar-refractivity contribution in [1.29, 1.82) is 0 Å². The molecule has 0 radical (unpaired) electrons. The molecule has 2 aromatic rings. The van der Waals surface area contributed by atoms with Crippen molar-refractivity contribution in [3.8, 4) is 0 Å². The molecule has 0 bridgehead atoms. The van der Waals surface area contributed by atoms with Crippen molar-refractivity contribution in [2.45, 2.75) is 58.0 Å². The molecule has 1 saturated carbocycles. The molecule has 1 aromatic heterocycles. The van der Waals surface area contributed by atoms with Crippen LogP contribution in [0.25, 0.3) is 0 Å². The Bertz CT molecular complexity index is 685.